The van der Waals surface area contributed by atoms with Crippen molar-refractivity contribution in [3.63, 3.8) is 0 Å². The van der Waals surface area contributed by atoms with Crippen LogP contribution in [0, 0.1) is 0 Å². The molecule has 0 aliphatic rings. The second-order valence-corrected chi connectivity index (χ2v) is 9.74. The minimum absolute atomic E-state index is 0.0507. The van der Waals surface area contributed by atoms with Crippen LogP contribution in [-0.2, 0) is 19.6 Å². The second-order valence-electron chi connectivity index (χ2n) is 7.91. The zero-order chi connectivity index (χ0) is 26.4. The number of benzene rings is 3. The van der Waals surface area contributed by atoms with Crippen molar-refractivity contribution in [2.45, 2.75) is 11.8 Å². The molecule has 0 spiro atoms. The Balaban J connectivity index is 1.65. The third-order valence-corrected chi connectivity index (χ3v) is 7.37. The molecule has 9 nitrogen and oxygen atoms in total. The van der Waals surface area contributed by atoms with E-state index >= 15 is 0 Å². The van der Waals surface area contributed by atoms with Crippen LogP contribution in [0.25, 0.3) is 10.8 Å². The predicted molar refractivity (Wildman–Crippen MR) is 140 cm³/mol. The van der Waals surface area contributed by atoms with Gasteiger partial charge < -0.3 is 14.8 Å². The summed E-state index contributed by atoms with van der Waals surface area (Å²) < 4.78 is 39.0. The van der Waals surface area contributed by atoms with Gasteiger partial charge >= 0.3 is 5.97 Å². The average Bonchev–Trinajstić information content (AvgIpc) is 2.92. The molecule has 1 aromatic heterocycles. The molecule has 1 N–H and O–H groups in total. The van der Waals surface area contributed by atoms with E-state index in [1.807, 2.05) is 0 Å². The maximum absolute atomic E-state index is 13.9. The van der Waals surface area contributed by atoms with E-state index in [1.165, 1.54) is 31.5 Å². The molecule has 1 amide bonds. The van der Waals surface area contributed by atoms with Gasteiger partial charge in [0.2, 0.25) is 5.91 Å². The molecule has 4 aromatic rings. The molecule has 0 saturated heterocycles. The number of carbonyl (C=O) groups excluding carboxylic acids is 2. The van der Waals surface area contributed by atoms with Gasteiger partial charge in [-0.25, -0.2) is 13.2 Å². The Kier molecular flexibility index (Phi) is 7.69. The average molecular weight is 520 g/mol. The van der Waals surface area contributed by atoms with E-state index in [4.69, 9.17) is 9.47 Å². The highest BCUT2D eigenvalue weighted by atomic mass is 32.2. The van der Waals surface area contributed by atoms with Crippen LogP contribution in [0.1, 0.15) is 17.3 Å². The molecular formula is C27H25N3O6S. The Labute approximate surface area is 214 Å². The summed E-state index contributed by atoms with van der Waals surface area (Å²) in [6.45, 7) is 1.47. The van der Waals surface area contributed by atoms with E-state index in [2.05, 4.69) is 10.3 Å². The maximum Gasteiger partial charge on any atom is 0.338 e. The van der Waals surface area contributed by atoms with Crippen LogP contribution in [-0.4, -0.2) is 45.5 Å². The molecule has 0 unspecified atom stereocenters. The molecule has 0 aliphatic carbocycles. The number of nitrogens with zero attached hydrogens (tertiary/aromatic N) is 2. The van der Waals surface area contributed by atoms with Crippen molar-refractivity contribution in [2.75, 3.05) is 29.9 Å². The highest BCUT2D eigenvalue weighted by Crippen LogP contribution is 2.30. The Morgan fingerprint density at radius 1 is 0.973 bits per heavy atom. The van der Waals surface area contributed by atoms with Gasteiger partial charge in [-0.05, 0) is 67.6 Å². The van der Waals surface area contributed by atoms with Crippen molar-refractivity contribution in [3.05, 3.63) is 90.8 Å². The number of ether oxygens (including phenoxy) is 2. The minimum Gasteiger partial charge on any atom is -0.497 e. The number of methoxy groups -OCH3 is 1. The van der Waals surface area contributed by atoms with Crippen LogP contribution in [0.3, 0.4) is 0 Å². The van der Waals surface area contributed by atoms with Gasteiger partial charge in [0.15, 0.2) is 0 Å². The number of pyridine rings is 1. The summed E-state index contributed by atoms with van der Waals surface area (Å²) in [5.41, 5.74) is 1.04. The third-order valence-electron chi connectivity index (χ3n) is 5.54. The quantitative estimate of drug-likeness (QED) is 0.329. The SMILES string of the molecule is CCOC(=O)c1ccc(NC(=O)CN(c2ccc(OC)cc2)S(=O)(=O)c2cccc3cnccc23)cc1. The number of rotatable bonds is 9. The number of anilines is 2. The standard InChI is InChI=1S/C27H25N3O6S/c1-3-36-27(32)19-7-9-21(10-8-19)29-26(31)18-30(22-11-13-23(35-2)14-12-22)37(33,34)25-6-4-5-20-17-28-16-15-24(20)25/h4-17H,3,18H2,1-2H3,(H,29,31). The molecule has 0 atom stereocenters. The number of sulfonamides is 1. The van der Waals surface area contributed by atoms with Crippen LogP contribution >= 0.6 is 0 Å². The van der Waals surface area contributed by atoms with Crippen molar-refractivity contribution < 1.29 is 27.5 Å². The van der Waals surface area contributed by atoms with Crippen molar-refractivity contribution in [3.8, 4) is 5.75 Å². The molecule has 0 fully saturated rings. The minimum atomic E-state index is -4.17. The molecule has 10 heteroatoms. The largest absolute Gasteiger partial charge is 0.497 e. The first kappa shape index (κ1) is 25.6. The van der Waals surface area contributed by atoms with Crippen molar-refractivity contribution in [2.24, 2.45) is 0 Å². The molecule has 37 heavy (non-hydrogen) atoms. The fourth-order valence-corrected chi connectivity index (χ4v) is 5.37. The van der Waals surface area contributed by atoms with Gasteiger partial charge in [0.25, 0.3) is 10.0 Å². The summed E-state index contributed by atoms with van der Waals surface area (Å²) in [5.74, 6) is -0.490. The summed E-state index contributed by atoms with van der Waals surface area (Å²) in [7, 11) is -2.66. The fourth-order valence-electron chi connectivity index (χ4n) is 3.74. The van der Waals surface area contributed by atoms with Crippen LogP contribution in [0.2, 0.25) is 0 Å². The number of nitrogens with one attached hydrogen (secondary N) is 1. The van der Waals surface area contributed by atoms with E-state index in [9.17, 15) is 18.0 Å². The molecule has 190 valence electrons. The number of hydrogen-bond donors (Lipinski definition) is 1. The van der Waals surface area contributed by atoms with Gasteiger partial charge in [-0.1, -0.05) is 12.1 Å². The van der Waals surface area contributed by atoms with Gasteiger partial charge in [-0.2, -0.15) is 0 Å². The monoisotopic (exact) mass is 519 g/mol. The van der Waals surface area contributed by atoms with E-state index in [0.29, 0.717) is 33.5 Å². The lowest BCUT2D eigenvalue weighted by Gasteiger charge is -2.25. The first-order valence-corrected chi connectivity index (χ1v) is 12.8. The molecule has 0 aliphatic heterocycles. The highest BCUT2D eigenvalue weighted by Gasteiger charge is 2.29. The van der Waals surface area contributed by atoms with Crippen molar-refractivity contribution >= 4 is 44.0 Å². The summed E-state index contributed by atoms with van der Waals surface area (Å²) in [6.07, 6.45) is 3.10. The maximum atomic E-state index is 13.9. The molecular weight excluding hydrogens is 494 g/mol. The molecule has 4 rings (SSSR count). The van der Waals surface area contributed by atoms with Gasteiger partial charge in [0, 0.05) is 28.9 Å². The summed E-state index contributed by atoms with van der Waals surface area (Å²) in [4.78, 5) is 29.0. The Morgan fingerprint density at radius 3 is 2.38 bits per heavy atom. The second kappa shape index (κ2) is 11.1. The number of esters is 1. The summed E-state index contributed by atoms with van der Waals surface area (Å²) in [6, 6.07) is 19.1. The summed E-state index contributed by atoms with van der Waals surface area (Å²) >= 11 is 0. The topological polar surface area (TPSA) is 115 Å². The zero-order valence-electron chi connectivity index (χ0n) is 20.2. The number of fused-ring (bicyclic) bond motifs is 1. The van der Waals surface area contributed by atoms with E-state index in [1.54, 1.807) is 67.7 Å². The number of carbonyl (C=O) groups is 2. The third kappa shape index (κ3) is 5.70. The smallest absolute Gasteiger partial charge is 0.338 e. The van der Waals surface area contributed by atoms with Crippen LogP contribution in [0.5, 0.6) is 5.75 Å². The number of amides is 1. The van der Waals surface area contributed by atoms with Crippen LogP contribution in [0.15, 0.2) is 90.1 Å². The van der Waals surface area contributed by atoms with Crippen LogP contribution < -0.4 is 14.4 Å². The Bertz CT molecular complexity index is 1520. The van der Waals surface area contributed by atoms with Gasteiger partial charge in [-0.3, -0.25) is 14.1 Å². The van der Waals surface area contributed by atoms with Crippen LogP contribution in [0.4, 0.5) is 11.4 Å². The lowest BCUT2D eigenvalue weighted by molar-refractivity contribution is -0.114. The fraction of sp³-hybridized carbons (Fsp3) is 0.148. The molecule has 3 aromatic carbocycles. The van der Waals surface area contributed by atoms with Gasteiger partial charge in [-0.15, -0.1) is 0 Å². The number of aromatic nitrogens is 1. The summed E-state index contributed by atoms with van der Waals surface area (Å²) in [5, 5.41) is 3.84. The zero-order valence-corrected chi connectivity index (χ0v) is 21.1. The van der Waals surface area contributed by atoms with Crippen molar-refractivity contribution in [1.82, 2.24) is 4.98 Å². The van der Waals surface area contributed by atoms with Gasteiger partial charge in [0.1, 0.15) is 12.3 Å². The first-order valence-electron chi connectivity index (χ1n) is 11.4. The molecule has 0 bridgehead atoms. The lowest BCUT2D eigenvalue weighted by atomic mass is 10.2. The number of hydrogen-bond acceptors (Lipinski definition) is 7. The predicted octanol–water partition coefficient (Wildman–Crippen LogP) is 4.25. The normalized spacial score (nSPS) is 11.1. The molecule has 0 radical (unpaired) electrons. The van der Waals surface area contributed by atoms with E-state index in [0.717, 1.165) is 4.31 Å². The molecule has 1 heterocycles. The first-order chi connectivity index (χ1) is 17.8. The highest BCUT2D eigenvalue weighted by molar-refractivity contribution is 7.93. The Hall–Kier alpha value is -4.44. The van der Waals surface area contributed by atoms with E-state index in [-0.39, 0.29) is 11.5 Å². The van der Waals surface area contributed by atoms with E-state index < -0.39 is 28.4 Å². The lowest BCUT2D eigenvalue weighted by Crippen LogP contribution is -2.38. The molecule has 0 saturated carbocycles. The van der Waals surface area contributed by atoms with Gasteiger partial charge in [0.05, 0.1) is 29.9 Å². The Morgan fingerprint density at radius 2 is 1.70 bits per heavy atom. The van der Waals surface area contributed by atoms with Crippen molar-refractivity contribution in [1.29, 1.82) is 0 Å².